The molecule has 1 saturated carbocycles. The van der Waals surface area contributed by atoms with Crippen LogP contribution in [0.25, 0.3) is 0 Å². The van der Waals surface area contributed by atoms with Gasteiger partial charge in [-0.2, -0.15) is 0 Å². The Morgan fingerprint density at radius 1 is 0.923 bits per heavy atom. The maximum Gasteiger partial charge on any atom is 0.132 e. The zero-order chi connectivity index (χ0) is 9.52. The number of alkyl halides is 1. The molecule has 13 heavy (non-hydrogen) atoms. The molecule has 1 rings (SSSR count). The van der Waals surface area contributed by atoms with Gasteiger partial charge in [-0.15, -0.1) is 0 Å². The fourth-order valence-electron chi connectivity index (χ4n) is 1.82. The lowest BCUT2D eigenvalue weighted by molar-refractivity contribution is -0.119. The molecular weight excluding hydrogens is 228 g/mol. The number of ketones is 1. The molecule has 0 bridgehead atoms. The summed E-state index contributed by atoms with van der Waals surface area (Å²) in [6, 6.07) is 0. The van der Waals surface area contributed by atoms with Crippen LogP contribution in [0.15, 0.2) is 0 Å². The highest BCUT2D eigenvalue weighted by atomic mass is 79.9. The molecule has 1 atom stereocenters. The smallest absolute Gasteiger partial charge is 0.132 e. The fraction of sp³-hybridized carbons (Fsp3) is 0.909. The molecule has 0 aliphatic heterocycles. The van der Waals surface area contributed by atoms with Crippen molar-refractivity contribution in [3.05, 3.63) is 0 Å². The molecule has 0 aromatic heterocycles. The van der Waals surface area contributed by atoms with Crippen molar-refractivity contribution in [2.45, 2.75) is 62.6 Å². The molecule has 0 aromatic rings. The van der Waals surface area contributed by atoms with E-state index in [1.807, 2.05) is 0 Å². The van der Waals surface area contributed by atoms with Crippen molar-refractivity contribution in [2.75, 3.05) is 0 Å². The van der Waals surface area contributed by atoms with Gasteiger partial charge in [0.05, 0.1) is 0 Å². The van der Waals surface area contributed by atoms with E-state index in [0.717, 1.165) is 25.7 Å². The van der Waals surface area contributed by atoms with Gasteiger partial charge in [0.25, 0.3) is 0 Å². The Labute approximate surface area is 89.4 Å². The van der Waals surface area contributed by atoms with E-state index in [9.17, 15) is 4.79 Å². The predicted molar refractivity (Wildman–Crippen MR) is 59.3 cm³/mol. The summed E-state index contributed by atoms with van der Waals surface area (Å²) >= 11 is 3.69. The predicted octanol–water partition coefficient (Wildman–Crippen LogP) is 3.84. The molecule has 76 valence electrons. The third-order valence-corrected chi connectivity index (χ3v) is 3.61. The topological polar surface area (TPSA) is 17.1 Å². The number of hydrogen-bond acceptors (Lipinski definition) is 1. The molecule has 2 heteroatoms. The van der Waals surface area contributed by atoms with Gasteiger partial charge in [-0.05, 0) is 25.7 Å². The van der Waals surface area contributed by atoms with E-state index in [-0.39, 0.29) is 0 Å². The van der Waals surface area contributed by atoms with Crippen LogP contribution in [0.2, 0.25) is 0 Å². The van der Waals surface area contributed by atoms with Crippen LogP contribution >= 0.6 is 15.9 Å². The lowest BCUT2D eigenvalue weighted by atomic mass is 10.1. The van der Waals surface area contributed by atoms with Gasteiger partial charge in [-0.3, -0.25) is 4.79 Å². The van der Waals surface area contributed by atoms with Crippen molar-refractivity contribution in [2.24, 2.45) is 0 Å². The Kier molecular flexibility index (Phi) is 5.68. The van der Waals surface area contributed by atoms with E-state index in [1.54, 1.807) is 0 Å². The average molecular weight is 247 g/mol. The van der Waals surface area contributed by atoms with Crippen LogP contribution in [0.5, 0.6) is 0 Å². The van der Waals surface area contributed by atoms with Crippen LogP contribution in [-0.2, 0) is 4.79 Å². The largest absolute Gasteiger partial charge is 0.300 e. The van der Waals surface area contributed by atoms with Crippen LogP contribution in [-0.4, -0.2) is 10.6 Å². The van der Waals surface area contributed by atoms with E-state index in [4.69, 9.17) is 0 Å². The van der Waals surface area contributed by atoms with E-state index in [2.05, 4.69) is 15.9 Å². The monoisotopic (exact) mass is 246 g/mol. The fourth-order valence-corrected chi connectivity index (χ4v) is 2.47. The highest BCUT2D eigenvalue weighted by Crippen LogP contribution is 2.20. The highest BCUT2D eigenvalue weighted by Gasteiger charge is 2.08. The molecule has 1 nitrogen and oxygen atoms in total. The van der Waals surface area contributed by atoms with Crippen molar-refractivity contribution in [1.82, 2.24) is 0 Å². The van der Waals surface area contributed by atoms with Gasteiger partial charge in [0.2, 0.25) is 0 Å². The van der Waals surface area contributed by atoms with Crippen molar-refractivity contribution in [3.8, 4) is 0 Å². The van der Waals surface area contributed by atoms with Gasteiger partial charge in [-0.1, -0.05) is 35.2 Å². The summed E-state index contributed by atoms with van der Waals surface area (Å²) in [6.45, 7) is 0. The van der Waals surface area contributed by atoms with Crippen molar-refractivity contribution in [1.29, 1.82) is 0 Å². The zero-order valence-corrected chi connectivity index (χ0v) is 9.81. The van der Waals surface area contributed by atoms with Gasteiger partial charge in [0.15, 0.2) is 0 Å². The SMILES string of the molecule is O=C1CCCCCC(Br)CCCC1. The van der Waals surface area contributed by atoms with Gasteiger partial charge in [-0.25, -0.2) is 0 Å². The number of halogens is 1. The van der Waals surface area contributed by atoms with Crippen LogP contribution < -0.4 is 0 Å². The van der Waals surface area contributed by atoms with Crippen molar-refractivity contribution in [3.63, 3.8) is 0 Å². The third kappa shape index (κ3) is 5.45. The Morgan fingerprint density at radius 2 is 1.46 bits per heavy atom. The van der Waals surface area contributed by atoms with Crippen LogP contribution in [0.3, 0.4) is 0 Å². The Hall–Kier alpha value is 0.150. The molecular formula is C11H19BrO. The summed E-state index contributed by atoms with van der Waals surface area (Å²) in [5.74, 6) is 0.480. The molecule has 0 amide bonds. The maximum atomic E-state index is 11.3. The molecule has 0 N–H and O–H groups in total. The first-order valence-corrected chi connectivity index (χ1v) is 6.36. The maximum absolute atomic E-state index is 11.3. The number of rotatable bonds is 0. The van der Waals surface area contributed by atoms with Gasteiger partial charge in [0, 0.05) is 17.7 Å². The first-order chi connectivity index (χ1) is 6.29. The van der Waals surface area contributed by atoms with E-state index in [1.165, 1.54) is 32.1 Å². The Balaban J connectivity index is 2.26. The van der Waals surface area contributed by atoms with Crippen molar-refractivity contribution < 1.29 is 4.79 Å². The number of carbonyl (C=O) groups excluding carboxylic acids is 1. The summed E-state index contributed by atoms with van der Waals surface area (Å²) in [6.07, 6.45) is 10.1. The summed E-state index contributed by atoms with van der Waals surface area (Å²) in [5.41, 5.74) is 0. The summed E-state index contributed by atoms with van der Waals surface area (Å²) in [4.78, 5) is 12.0. The average Bonchev–Trinajstić information content (AvgIpc) is 2.14. The zero-order valence-electron chi connectivity index (χ0n) is 8.23. The van der Waals surface area contributed by atoms with E-state index < -0.39 is 0 Å². The lowest BCUT2D eigenvalue weighted by Gasteiger charge is -2.07. The number of carbonyl (C=O) groups is 1. The second-order valence-electron chi connectivity index (χ2n) is 3.98. The Morgan fingerprint density at radius 3 is 2.15 bits per heavy atom. The molecule has 1 unspecified atom stereocenters. The quantitative estimate of drug-likeness (QED) is 0.594. The minimum absolute atomic E-state index is 0.480. The first-order valence-electron chi connectivity index (χ1n) is 5.45. The van der Waals surface area contributed by atoms with E-state index >= 15 is 0 Å². The normalized spacial score (nSPS) is 28.1. The first kappa shape index (κ1) is 11.2. The minimum Gasteiger partial charge on any atom is -0.300 e. The molecule has 0 saturated heterocycles. The summed E-state index contributed by atoms with van der Waals surface area (Å²) < 4.78 is 0. The van der Waals surface area contributed by atoms with Crippen LogP contribution in [0.4, 0.5) is 0 Å². The molecule has 1 fully saturated rings. The number of hydrogen-bond donors (Lipinski definition) is 0. The van der Waals surface area contributed by atoms with Gasteiger partial charge in [0.1, 0.15) is 5.78 Å². The molecule has 0 radical (unpaired) electrons. The number of Topliss-reactive ketones (excluding diaryl/α,β-unsaturated/α-hetero) is 1. The second kappa shape index (κ2) is 6.58. The molecule has 0 heterocycles. The summed E-state index contributed by atoms with van der Waals surface area (Å²) in [7, 11) is 0. The van der Waals surface area contributed by atoms with Crippen LogP contribution in [0, 0.1) is 0 Å². The second-order valence-corrected chi connectivity index (χ2v) is 5.28. The lowest BCUT2D eigenvalue weighted by Crippen LogP contribution is -1.98. The van der Waals surface area contributed by atoms with Gasteiger partial charge >= 0.3 is 0 Å². The molecule has 1 aliphatic carbocycles. The standard InChI is InChI=1S/C11H19BrO/c12-10-6-2-1-3-8-11(13)9-5-4-7-10/h10H,1-9H2. The minimum atomic E-state index is 0.480. The molecule has 0 spiro atoms. The Bertz CT molecular complexity index is 156. The highest BCUT2D eigenvalue weighted by molar-refractivity contribution is 9.09. The molecule has 0 aromatic carbocycles. The summed E-state index contributed by atoms with van der Waals surface area (Å²) in [5, 5.41) is 0. The van der Waals surface area contributed by atoms with Crippen LogP contribution in [0.1, 0.15) is 57.8 Å². The van der Waals surface area contributed by atoms with Gasteiger partial charge < -0.3 is 0 Å². The molecule has 1 aliphatic rings. The third-order valence-electron chi connectivity index (χ3n) is 2.70. The van der Waals surface area contributed by atoms with E-state index in [0.29, 0.717) is 10.6 Å². The van der Waals surface area contributed by atoms with Crippen molar-refractivity contribution >= 4 is 21.7 Å².